The summed E-state index contributed by atoms with van der Waals surface area (Å²) >= 11 is 4.45. The zero-order valence-corrected chi connectivity index (χ0v) is 13.4. The molecule has 5 nitrogen and oxygen atoms in total. The molecular formula is C18H11N5S. The van der Waals surface area contributed by atoms with E-state index in [0.717, 1.165) is 11.3 Å². The molecule has 0 aliphatic rings. The molecule has 114 valence electrons. The summed E-state index contributed by atoms with van der Waals surface area (Å²) in [7, 11) is 0. The van der Waals surface area contributed by atoms with Crippen molar-refractivity contribution in [3.63, 3.8) is 0 Å². The molecule has 4 rings (SSSR count). The molecule has 0 bridgehead atoms. The third-order valence-corrected chi connectivity index (χ3v) is 3.94. The molecule has 0 amide bonds. The van der Waals surface area contributed by atoms with Gasteiger partial charge in [-0.25, -0.2) is 15.0 Å². The van der Waals surface area contributed by atoms with Crippen molar-refractivity contribution in [1.82, 2.24) is 19.5 Å². The van der Waals surface area contributed by atoms with Crippen LogP contribution in [0.5, 0.6) is 0 Å². The molecule has 2 aromatic carbocycles. The minimum atomic E-state index is 0.240. The average molecular weight is 329 g/mol. The van der Waals surface area contributed by atoms with Gasteiger partial charge in [0.15, 0.2) is 22.3 Å². The summed E-state index contributed by atoms with van der Waals surface area (Å²) in [4.78, 5) is 13.4. The summed E-state index contributed by atoms with van der Waals surface area (Å²) in [6.07, 6.45) is 0. The molecule has 6 heteroatoms. The number of fused-ring (bicyclic) bond motifs is 1. The first-order valence-corrected chi connectivity index (χ1v) is 7.73. The van der Waals surface area contributed by atoms with E-state index in [1.54, 1.807) is 0 Å². The van der Waals surface area contributed by atoms with Crippen molar-refractivity contribution in [2.45, 2.75) is 5.16 Å². The van der Waals surface area contributed by atoms with Gasteiger partial charge in [0.25, 0.3) is 0 Å². The molecule has 0 fully saturated rings. The standard InChI is InChI=1S/C18H11N5S/c19-11-14-15-17(22-16(20-14)12-7-3-1-4-8-12)23(18(24)21-15)13-9-5-2-6-10-13/h1-10H,(H,21,24). The van der Waals surface area contributed by atoms with E-state index >= 15 is 0 Å². The van der Waals surface area contributed by atoms with Crippen LogP contribution in [0.4, 0.5) is 0 Å². The van der Waals surface area contributed by atoms with Gasteiger partial charge < -0.3 is 0 Å². The molecule has 0 atom stereocenters. The highest BCUT2D eigenvalue weighted by Crippen LogP contribution is 2.26. The Bertz CT molecular complexity index is 1070. The number of rotatable bonds is 2. The molecule has 0 N–H and O–H groups in total. The number of nitrogens with zero attached hydrogens (tertiary/aromatic N) is 5. The predicted octanol–water partition coefficient (Wildman–Crippen LogP) is 3.64. The maximum absolute atomic E-state index is 9.46. The molecule has 0 saturated heterocycles. The number of hydrogen-bond donors (Lipinski definition) is 1. The van der Waals surface area contributed by atoms with E-state index in [-0.39, 0.29) is 5.69 Å². The van der Waals surface area contributed by atoms with E-state index in [1.807, 2.05) is 65.2 Å². The van der Waals surface area contributed by atoms with Crippen LogP contribution in [0.15, 0.2) is 65.8 Å². The van der Waals surface area contributed by atoms with Gasteiger partial charge in [-0.05, 0) is 12.1 Å². The Morgan fingerprint density at radius 1 is 0.875 bits per heavy atom. The molecule has 4 aromatic rings. The first-order chi connectivity index (χ1) is 11.8. The molecule has 0 unspecified atom stereocenters. The van der Waals surface area contributed by atoms with Crippen LogP contribution in [-0.2, 0) is 0 Å². The SMILES string of the molecule is N#Cc1nc(-c2ccccc2)nc2c1nc(S)n2-c1ccccc1. The molecule has 0 aliphatic carbocycles. The molecule has 0 saturated carbocycles. The Labute approximate surface area is 143 Å². The van der Waals surface area contributed by atoms with Crippen LogP contribution < -0.4 is 0 Å². The first-order valence-electron chi connectivity index (χ1n) is 7.28. The third-order valence-electron chi connectivity index (χ3n) is 3.64. The first kappa shape index (κ1) is 14.4. The largest absolute Gasteiger partial charge is 0.272 e. The second kappa shape index (κ2) is 5.80. The Morgan fingerprint density at radius 3 is 2.21 bits per heavy atom. The fourth-order valence-corrected chi connectivity index (χ4v) is 2.87. The van der Waals surface area contributed by atoms with Crippen LogP contribution in [-0.4, -0.2) is 19.5 Å². The fraction of sp³-hybridized carbons (Fsp3) is 0. The highest BCUT2D eigenvalue weighted by atomic mass is 32.1. The summed E-state index contributed by atoms with van der Waals surface area (Å²) in [5.74, 6) is 0.491. The molecule has 2 heterocycles. The normalized spacial score (nSPS) is 10.7. The maximum atomic E-state index is 9.46. The van der Waals surface area contributed by atoms with Crippen molar-refractivity contribution >= 4 is 23.8 Å². The van der Waals surface area contributed by atoms with Crippen LogP contribution in [0.25, 0.3) is 28.2 Å². The Kier molecular flexibility index (Phi) is 3.48. The third kappa shape index (κ3) is 2.32. The van der Waals surface area contributed by atoms with Crippen LogP contribution in [0, 0.1) is 11.3 Å². The number of para-hydroxylation sites is 1. The Balaban J connectivity index is 2.05. The molecule has 0 radical (unpaired) electrons. The van der Waals surface area contributed by atoms with Gasteiger partial charge in [0.05, 0.1) is 0 Å². The number of thiol groups is 1. The predicted molar refractivity (Wildman–Crippen MR) is 94.1 cm³/mol. The van der Waals surface area contributed by atoms with Gasteiger partial charge in [0.1, 0.15) is 11.6 Å². The van der Waals surface area contributed by atoms with Crippen LogP contribution in [0.1, 0.15) is 5.69 Å². The van der Waals surface area contributed by atoms with Crippen LogP contribution in [0.2, 0.25) is 0 Å². The van der Waals surface area contributed by atoms with Crippen molar-refractivity contribution in [3.8, 4) is 23.1 Å². The van der Waals surface area contributed by atoms with E-state index in [0.29, 0.717) is 22.1 Å². The summed E-state index contributed by atoms with van der Waals surface area (Å²) in [5.41, 5.74) is 2.98. The average Bonchev–Trinajstić information content (AvgIpc) is 2.98. The van der Waals surface area contributed by atoms with Crippen molar-refractivity contribution < 1.29 is 0 Å². The van der Waals surface area contributed by atoms with Crippen molar-refractivity contribution in [2.24, 2.45) is 0 Å². The maximum Gasteiger partial charge on any atom is 0.172 e. The lowest BCUT2D eigenvalue weighted by atomic mass is 10.2. The molecule has 0 aliphatic heterocycles. The van der Waals surface area contributed by atoms with E-state index in [9.17, 15) is 5.26 Å². The number of benzene rings is 2. The van der Waals surface area contributed by atoms with E-state index in [4.69, 9.17) is 0 Å². The minimum Gasteiger partial charge on any atom is -0.272 e. The molecule has 0 spiro atoms. The van der Waals surface area contributed by atoms with Gasteiger partial charge in [-0.2, -0.15) is 5.26 Å². The van der Waals surface area contributed by atoms with Crippen molar-refractivity contribution in [3.05, 3.63) is 66.4 Å². The topological polar surface area (TPSA) is 67.4 Å². The van der Waals surface area contributed by atoms with E-state index < -0.39 is 0 Å². The van der Waals surface area contributed by atoms with Crippen LogP contribution in [0.3, 0.4) is 0 Å². The van der Waals surface area contributed by atoms with Gasteiger partial charge in [-0.3, -0.25) is 4.57 Å². The number of nitriles is 1. The quantitative estimate of drug-likeness (QED) is 0.570. The Morgan fingerprint density at radius 2 is 1.54 bits per heavy atom. The number of imidazole rings is 1. The lowest BCUT2D eigenvalue weighted by Crippen LogP contribution is -1.99. The number of aromatic nitrogens is 4. The second-order valence-corrected chi connectivity index (χ2v) is 5.53. The van der Waals surface area contributed by atoms with Crippen molar-refractivity contribution in [2.75, 3.05) is 0 Å². The van der Waals surface area contributed by atoms with Crippen LogP contribution >= 0.6 is 12.6 Å². The van der Waals surface area contributed by atoms with Gasteiger partial charge in [-0.15, -0.1) is 12.6 Å². The van der Waals surface area contributed by atoms with Gasteiger partial charge in [-0.1, -0.05) is 48.5 Å². The lowest BCUT2D eigenvalue weighted by molar-refractivity contribution is 0.915. The molecule has 2 aromatic heterocycles. The Hall–Kier alpha value is -3.17. The van der Waals surface area contributed by atoms with Gasteiger partial charge in [0.2, 0.25) is 0 Å². The summed E-state index contributed by atoms with van der Waals surface area (Å²) in [6, 6.07) is 21.4. The van der Waals surface area contributed by atoms with Crippen molar-refractivity contribution in [1.29, 1.82) is 5.26 Å². The second-order valence-electron chi connectivity index (χ2n) is 5.13. The summed E-state index contributed by atoms with van der Waals surface area (Å²) in [5, 5.41) is 9.93. The molecule has 24 heavy (non-hydrogen) atoms. The zero-order valence-electron chi connectivity index (χ0n) is 12.5. The smallest absolute Gasteiger partial charge is 0.172 e. The summed E-state index contributed by atoms with van der Waals surface area (Å²) in [6.45, 7) is 0. The molecular weight excluding hydrogens is 318 g/mol. The van der Waals surface area contributed by atoms with E-state index in [2.05, 4.69) is 33.6 Å². The fourth-order valence-electron chi connectivity index (χ4n) is 2.56. The van der Waals surface area contributed by atoms with Gasteiger partial charge >= 0.3 is 0 Å². The lowest BCUT2D eigenvalue weighted by Gasteiger charge is -2.06. The monoisotopic (exact) mass is 329 g/mol. The minimum absolute atomic E-state index is 0.240. The zero-order chi connectivity index (χ0) is 16.5. The highest BCUT2D eigenvalue weighted by molar-refractivity contribution is 7.80. The van der Waals surface area contributed by atoms with Gasteiger partial charge in [0, 0.05) is 11.3 Å². The number of hydrogen-bond acceptors (Lipinski definition) is 5. The van der Waals surface area contributed by atoms with E-state index in [1.165, 1.54) is 0 Å². The summed E-state index contributed by atoms with van der Waals surface area (Å²) < 4.78 is 1.81. The highest BCUT2D eigenvalue weighted by Gasteiger charge is 2.18.